The fraction of sp³-hybridized carbons (Fsp3) is 0.538. The van der Waals surface area contributed by atoms with Crippen LogP contribution in [0.15, 0.2) is 0 Å². The van der Waals surface area contributed by atoms with Gasteiger partial charge in [0.2, 0.25) is 5.91 Å². The second-order valence-electron chi connectivity index (χ2n) is 5.06. The molecule has 0 bridgehead atoms. The van der Waals surface area contributed by atoms with Gasteiger partial charge >= 0.3 is 0 Å². The molecule has 0 atom stereocenters. The molecule has 1 aromatic heterocycles. The zero-order valence-corrected chi connectivity index (χ0v) is 12.8. The van der Waals surface area contributed by atoms with E-state index in [0.29, 0.717) is 10.8 Å². The third-order valence-electron chi connectivity index (χ3n) is 3.66. The van der Waals surface area contributed by atoms with Crippen molar-refractivity contribution in [1.29, 1.82) is 0 Å². The zero-order valence-electron chi connectivity index (χ0n) is 12.0. The summed E-state index contributed by atoms with van der Waals surface area (Å²) in [5.41, 5.74) is 8.28. The number of anilines is 1. The van der Waals surface area contributed by atoms with Crippen LogP contribution in [0.1, 0.15) is 23.2 Å². The highest BCUT2D eigenvalue weighted by molar-refractivity contribution is 7.80. The SMILES string of the molecule is Cc1nnc(N2CCCN(C)C(=O)C2)c(C(N)=S)c1C. The third kappa shape index (κ3) is 2.72. The van der Waals surface area contributed by atoms with Gasteiger partial charge in [-0.1, -0.05) is 12.2 Å². The maximum atomic E-state index is 12.0. The second kappa shape index (κ2) is 5.70. The molecule has 0 aromatic carbocycles. The molecule has 1 aliphatic rings. The zero-order chi connectivity index (χ0) is 14.9. The number of nitrogens with two attached hydrogens (primary N) is 1. The normalized spacial score (nSPS) is 16.2. The van der Waals surface area contributed by atoms with Gasteiger partial charge in [0.25, 0.3) is 0 Å². The maximum Gasteiger partial charge on any atom is 0.241 e. The van der Waals surface area contributed by atoms with E-state index in [1.165, 1.54) is 0 Å². The number of carbonyl (C=O) groups is 1. The number of hydrogen-bond donors (Lipinski definition) is 1. The molecule has 6 nitrogen and oxygen atoms in total. The number of aryl methyl sites for hydroxylation is 1. The fourth-order valence-electron chi connectivity index (χ4n) is 2.28. The first kappa shape index (κ1) is 14.6. The molecule has 1 saturated heterocycles. The Morgan fingerprint density at radius 3 is 2.65 bits per heavy atom. The van der Waals surface area contributed by atoms with Crippen LogP contribution in [0.25, 0.3) is 0 Å². The number of amides is 1. The Morgan fingerprint density at radius 2 is 2.00 bits per heavy atom. The molecule has 1 aromatic rings. The average Bonchev–Trinajstić information content (AvgIpc) is 2.55. The van der Waals surface area contributed by atoms with Crippen molar-refractivity contribution >= 4 is 28.9 Å². The largest absolute Gasteiger partial charge is 0.389 e. The lowest BCUT2D eigenvalue weighted by Crippen LogP contribution is -2.36. The minimum Gasteiger partial charge on any atom is -0.389 e. The molecule has 2 N–H and O–H groups in total. The van der Waals surface area contributed by atoms with Crippen LogP contribution in [-0.4, -0.2) is 52.7 Å². The molecule has 2 heterocycles. The quantitative estimate of drug-likeness (QED) is 0.795. The van der Waals surface area contributed by atoms with Gasteiger partial charge in [-0.25, -0.2) is 0 Å². The highest BCUT2D eigenvalue weighted by atomic mass is 32.1. The maximum absolute atomic E-state index is 12.0. The van der Waals surface area contributed by atoms with Crippen LogP contribution in [-0.2, 0) is 4.79 Å². The fourth-order valence-corrected chi connectivity index (χ4v) is 2.52. The van der Waals surface area contributed by atoms with Crippen molar-refractivity contribution in [3.63, 3.8) is 0 Å². The minimum absolute atomic E-state index is 0.0661. The van der Waals surface area contributed by atoms with E-state index in [-0.39, 0.29) is 12.5 Å². The summed E-state index contributed by atoms with van der Waals surface area (Å²) in [7, 11) is 1.81. The van der Waals surface area contributed by atoms with Gasteiger partial charge in [0.15, 0.2) is 5.82 Å². The monoisotopic (exact) mass is 293 g/mol. The van der Waals surface area contributed by atoms with Crippen molar-refractivity contribution in [2.75, 3.05) is 31.6 Å². The smallest absolute Gasteiger partial charge is 0.241 e. The Hall–Kier alpha value is -1.76. The summed E-state index contributed by atoms with van der Waals surface area (Å²) in [5.74, 6) is 0.681. The summed E-state index contributed by atoms with van der Waals surface area (Å²) in [6.07, 6.45) is 0.883. The summed E-state index contributed by atoms with van der Waals surface area (Å²) in [5, 5.41) is 8.36. The molecule has 108 valence electrons. The summed E-state index contributed by atoms with van der Waals surface area (Å²) >= 11 is 5.14. The van der Waals surface area contributed by atoms with Crippen molar-refractivity contribution in [2.24, 2.45) is 5.73 Å². The molecule has 0 aliphatic carbocycles. The van der Waals surface area contributed by atoms with E-state index in [4.69, 9.17) is 18.0 Å². The number of aromatic nitrogens is 2. The molecular formula is C13H19N5OS. The molecule has 0 unspecified atom stereocenters. The first-order valence-corrected chi connectivity index (χ1v) is 6.95. The standard InChI is InChI=1S/C13H19N5OS/c1-8-9(2)15-16-13(11(8)12(14)20)18-6-4-5-17(3)10(19)7-18/h4-7H2,1-3H3,(H2,14,20). The Morgan fingerprint density at radius 1 is 1.30 bits per heavy atom. The molecule has 2 rings (SSSR count). The lowest BCUT2D eigenvalue weighted by atomic mass is 10.1. The minimum atomic E-state index is 0.0661. The molecule has 20 heavy (non-hydrogen) atoms. The van der Waals surface area contributed by atoms with E-state index in [1.807, 2.05) is 25.8 Å². The first-order chi connectivity index (χ1) is 9.41. The van der Waals surface area contributed by atoms with Gasteiger partial charge < -0.3 is 15.5 Å². The van der Waals surface area contributed by atoms with E-state index in [1.54, 1.807) is 4.90 Å². The van der Waals surface area contributed by atoms with Crippen molar-refractivity contribution in [3.05, 3.63) is 16.8 Å². The van der Waals surface area contributed by atoms with E-state index >= 15 is 0 Å². The van der Waals surface area contributed by atoms with Gasteiger partial charge in [-0.05, 0) is 25.8 Å². The predicted octanol–water partition coefficient (Wildman–Crippen LogP) is 0.396. The number of nitrogens with zero attached hydrogens (tertiary/aromatic N) is 4. The van der Waals surface area contributed by atoms with Crippen molar-refractivity contribution < 1.29 is 4.79 Å². The van der Waals surface area contributed by atoms with E-state index in [9.17, 15) is 4.79 Å². The first-order valence-electron chi connectivity index (χ1n) is 6.54. The summed E-state index contributed by atoms with van der Waals surface area (Å²) in [6, 6.07) is 0. The van der Waals surface area contributed by atoms with Crippen LogP contribution < -0.4 is 10.6 Å². The van der Waals surface area contributed by atoms with Gasteiger partial charge in [-0.3, -0.25) is 4.79 Å². The number of thiocarbonyl (C=S) groups is 1. The molecular weight excluding hydrogens is 274 g/mol. The van der Waals surface area contributed by atoms with Crippen LogP contribution >= 0.6 is 12.2 Å². The Balaban J connectivity index is 2.44. The highest BCUT2D eigenvalue weighted by Gasteiger charge is 2.24. The molecule has 0 radical (unpaired) electrons. The summed E-state index contributed by atoms with van der Waals surface area (Å²) in [6.45, 7) is 5.56. The lowest BCUT2D eigenvalue weighted by Gasteiger charge is -2.23. The topological polar surface area (TPSA) is 75.4 Å². The van der Waals surface area contributed by atoms with Gasteiger partial charge in [-0.15, -0.1) is 5.10 Å². The lowest BCUT2D eigenvalue weighted by molar-refractivity contribution is -0.127. The van der Waals surface area contributed by atoms with Crippen LogP contribution in [0.3, 0.4) is 0 Å². The Labute approximate surface area is 123 Å². The summed E-state index contributed by atoms with van der Waals surface area (Å²) < 4.78 is 0. The van der Waals surface area contributed by atoms with Gasteiger partial charge in [-0.2, -0.15) is 5.10 Å². The van der Waals surface area contributed by atoms with Crippen molar-refractivity contribution in [2.45, 2.75) is 20.3 Å². The van der Waals surface area contributed by atoms with E-state index in [0.717, 1.165) is 36.3 Å². The van der Waals surface area contributed by atoms with Crippen LogP contribution in [0, 0.1) is 13.8 Å². The molecule has 0 saturated carbocycles. The Kier molecular flexibility index (Phi) is 4.17. The molecule has 7 heteroatoms. The van der Waals surface area contributed by atoms with Gasteiger partial charge in [0.1, 0.15) is 4.99 Å². The second-order valence-corrected chi connectivity index (χ2v) is 5.50. The van der Waals surface area contributed by atoms with Crippen LogP contribution in [0.5, 0.6) is 0 Å². The highest BCUT2D eigenvalue weighted by Crippen LogP contribution is 2.23. The summed E-state index contributed by atoms with van der Waals surface area (Å²) in [4.78, 5) is 15.9. The van der Waals surface area contributed by atoms with Crippen LogP contribution in [0.2, 0.25) is 0 Å². The van der Waals surface area contributed by atoms with E-state index < -0.39 is 0 Å². The molecule has 0 spiro atoms. The molecule has 1 fully saturated rings. The van der Waals surface area contributed by atoms with E-state index in [2.05, 4.69) is 10.2 Å². The van der Waals surface area contributed by atoms with Crippen LogP contribution in [0.4, 0.5) is 5.82 Å². The number of likely N-dealkylation sites (N-methyl/N-ethyl adjacent to an activating group) is 1. The number of rotatable bonds is 2. The number of carbonyl (C=O) groups excluding carboxylic acids is 1. The average molecular weight is 293 g/mol. The van der Waals surface area contributed by atoms with Crippen molar-refractivity contribution in [3.8, 4) is 0 Å². The Bertz CT molecular complexity index is 560. The third-order valence-corrected chi connectivity index (χ3v) is 3.86. The van der Waals surface area contributed by atoms with Gasteiger partial charge in [0, 0.05) is 20.1 Å². The molecule has 1 amide bonds. The number of hydrogen-bond acceptors (Lipinski definition) is 5. The van der Waals surface area contributed by atoms with Crippen molar-refractivity contribution in [1.82, 2.24) is 15.1 Å². The van der Waals surface area contributed by atoms with Gasteiger partial charge in [0.05, 0.1) is 17.8 Å². The predicted molar refractivity (Wildman–Crippen MR) is 81.9 cm³/mol. The molecule has 1 aliphatic heterocycles.